The van der Waals surface area contributed by atoms with E-state index in [0.717, 1.165) is 5.82 Å². The van der Waals surface area contributed by atoms with Gasteiger partial charge in [-0.05, 0) is 0 Å². The van der Waals surface area contributed by atoms with E-state index in [1.54, 1.807) is 0 Å². The van der Waals surface area contributed by atoms with Gasteiger partial charge in [-0.15, -0.1) is 0 Å². The minimum atomic E-state index is -3.75. The molecule has 0 aliphatic rings. The van der Waals surface area contributed by atoms with Crippen LogP contribution in [-0.2, 0) is 7.67 Å². The molecule has 0 unspecified atom stereocenters. The Morgan fingerprint density at radius 3 is 1.60 bits per heavy atom. The molecule has 0 aromatic rings. The fourth-order valence-corrected chi connectivity index (χ4v) is 0. The van der Waals surface area contributed by atoms with Crippen LogP contribution in [-0.4, -0.2) is 12.9 Å². The van der Waals surface area contributed by atoms with Crippen molar-refractivity contribution in [1.29, 1.82) is 0 Å². The average Bonchev–Trinajstić information content (AvgIpc) is 0.722. The fraction of sp³-hybridized carbons (Fsp3) is 1.00. The minimum absolute atomic E-state index is 1.01. The molecule has 0 saturated heterocycles. The van der Waals surface area contributed by atoms with Crippen LogP contribution >= 0.6 is 0 Å². The predicted octanol–water partition coefficient (Wildman–Crippen LogP) is -0.625. The first-order valence-corrected chi connectivity index (χ1v) is 5.08. The molecule has 32 valence electrons. The van der Waals surface area contributed by atoms with Crippen LogP contribution in [0.25, 0.3) is 0 Å². The summed E-state index contributed by atoms with van der Waals surface area (Å²) in [5, 5.41) is 0. The Kier molecular flexibility index (Phi) is 1.06. The van der Waals surface area contributed by atoms with Crippen LogP contribution in [0.4, 0.5) is 0 Å². The van der Waals surface area contributed by atoms with Crippen molar-refractivity contribution in [3.05, 3.63) is 0 Å². The van der Waals surface area contributed by atoms with Gasteiger partial charge in [0, 0.05) is 0 Å². The van der Waals surface area contributed by atoms with Crippen molar-refractivity contribution in [2.45, 2.75) is 5.82 Å². The van der Waals surface area contributed by atoms with E-state index in [4.69, 9.17) is 0 Å². The molecule has 0 rings (SSSR count). The van der Waals surface area contributed by atoms with E-state index in [-0.39, 0.29) is 0 Å². The van der Waals surface area contributed by atoms with E-state index < -0.39 is 12.9 Å². The zero-order valence-corrected chi connectivity index (χ0v) is 4.52. The van der Waals surface area contributed by atoms with Crippen LogP contribution in [0.2, 0.25) is 5.82 Å². The first-order valence-electron chi connectivity index (χ1n) is 0.977. The molecule has 0 aromatic carbocycles. The fourth-order valence-electron chi connectivity index (χ4n) is 0. The molecule has 0 saturated carbocycles. The van der Waals surface area contributed by atoms with Gasteiger partial charge in [0.15, 0.2) is 0 Å². The quantitative estimate of drug-likeness (QED) is 0.458. The van der Waals surface area contributed by atoms with Gasteiger partial charge in [0.05, 0.1) is 0 Å². The second-order valence-corrected chi connectivity index (χ2v) is 4.31. The van der Waals surface area contributed by atoms with Gasteiger partial charge >= 0.3 is 31.2 Å². The first-order chi connectivity index (χ1) is 2.00. The molecule has 0 aromatic heterocycles. The third kappa shape index (κ3) is 2790. The third-order valence-electron chi connectivity index (χ3n) is 0. The van der Waals surface area contributed by atoms with Crippen LogP contribution in [0.3, 0.4) is 0 Å². The van der Waals surface area contributed by atoms with Crippen molar-refractivity contribution in [2.75, 3.05) is 0 Å². The van der Waals surface area contributed by atoms with E-state index in [9.17, 15) is 7.67 Å². The molecule has 0 aliphatic heterocycles. The number of rotatable bonds is 0. The van der Waals surface area contributed by atoms with E-state index in [2.05, 4.69) is 4.75 Å². The maximum absolute atomic E-state index is 9.48. The van der Waals surface area contributed by atoms with E-state index >= 15 is 0 Å². The molecule has 0 bridgehead atoms. The van der Waals surface area contributed by atoms with Gasteiger partial charge in [0.25, 0.3) is 0 Å². The standard InChI is InChI=1S/CH5NO2Se/c1-5(2,3)4/h1H3,(H2,2,3,4). The number of nitrogens with two attached hydrogens (primary N) is 1. The zero-order valence-electron chi connectivity index (χ0n) is 2.80. The monoisotopic (exact) mass is 143 g/mol. The molecule has 0 aliphatic carbocycles. The van der Waals surface area contributed by atoms with E-state index in [1.165, 1.54) is 0 Å². The summed E-state index contributed by atoms with van der Waals surface area (Å²) in [6, 6.07) is 0. The summed E-state index contributed by atoms with van der Waals surface area (Å²) in [5.41, 5.74) is 0. The van der Waals surface area contributed by atoms with Crippen molar-refractivity contribution in [2.24, 2.45) is 4.75 Å². The molecule has 0 amide bonds. The van der Waals surface area contributed by atoms with Gasteiger partial charge in [-0.3, -0.25) is 0 Å². The maximum atomic E-state index is 9.48. The third-order valence-corrected chi connectivity index (χ3v) is 0. The normalized spacial score (nSPS) is 11.6. The molecule has 0 atom stereocenters. The van der Waals surface area contributed by atoms with Crippen LogP contribution in [0.1, 0.15) is 0 Å². The Balaban J connectivity index is 4.06. The Labute approximate surface area is 32.0 Å². The summed E-state index contributed by atoms with van der Waals surface area (Å²) in [6.45, 7) is 0. The molecule has 2 N–H and O–H groups in total. The number of hydrogen-bond acceptors (Lipinski definition) is 2. The molecule has 3 nitrogen and oxygen atoms in total. The Bertz CT molecular complexity index is 92.8. The zero-order chi connectivity index (χ0) is 4.50. The van der Waals surface area contributed by atoms with E-state index in [1.807, 2.05) is 0 Å². The first kappa shape index (κ1) is 5.08. The number of hydrogen-bond donors (Lipinski definition) is 1. The summed E-state index contributed by atoms with van der Waals surface area (Å²) < 4.78 is 23.4. The molecule has 5 heavy (non-hydrogen) atoms. The predicted molar refractivity (Wildman–Crippen MR) is 17.2 cm³/mol. The Morgan fingerprint density at radius 1 is 1.60 bits per heavy atom. The van der Waals surface area contributed by atoms with Crippen molar-refractivity contribution in [3.8, 4) is 0 Å². The van der Waals surface area contributed by atoms with Crippen LogP contribution in [0, 0.1) is 0 Å². The average molecular weight is 142 g/mol. The molecular weight excluding hydrogens is 137 g/mol. The Morgan fingerprint density at radius 2 is 1.60 bits per heavy atom. The van der Waals surface area contributed by atoms with Crippen LogP contribution in [0.5, 0.6) is 0 Å². The van der Waals surface area contributed by atoms with Crippen molar-refractivity contribution >= 4 is 12.9 Å². The van der Waals surface area contributed by atoms with Gasteiger partial charge in [-0.2, -0.15) is 0 Å². The SMILES string of the molecule is C[Se](N)(=O)=O. The van der Waals surface area contributed by atoms with E-state index in [0.29, 0.717) is 0 Å². The van der Waals surface area contributed by atoms with Crippen LogP contribution < -0.4 is 4.75 Å². The molecule has 0 heterocycles. The van der Waals surface area contributed by atoms with Gasteiger partial charge in [-0.1, -0.05) is 0 Å². The molecule has 4 heteroatoms. The Hall–Kier alpha value is 0.0795. The second-order valence-electron chi connectivity index (χ2n) is 0.830. The molecular formula is CH5NO2Se. The van der Waals surface area contributed by atoms with Crippen LogP contribution in [0.15, 0.2) is 0 Å². The second kappa shape index (κ2) is 1.05. The molecule has 0 spiro atoms. The van der Waals surface area contributed by atoms with Gasteiger partial charge < -0.3 is 0 Å². The van der Waals surface area contributed by atoms with Gasteiger partial charge in [0.1, 0.15) is 0 Å². The molecule has 0 fully saturated rings. The van der Waals surface area contributed by atoms with Crippen molar-refractivity contribution in [1.82, 2.24) is 0 Å². The van der Waals surface area contributed by atoms with Crippen molar-refractivity contribution in [3.63, 3.8) is 0 Å². The topological polar surface area (TPSA) is 60.2 Å². The van der Waals surface area contributed by atoms with Gasteiger partial charge in [-0.25, -0.2) is 0 Å². The summed E-state index contributed by atoms with van der Waals surface area (Å²) >= 11 is -3.75. The summed E-state index contributed by atoms with van der Waals surface area (Å²) in [5.74, 6) is 1.01. The summed E-state index contributed by atoms with van der Waals surface area (Å²) in [7, 11) is 0. The molecule has 0 radical (unpaired) electrons. The van der Waals surface area contributed by atoms with Gasteiger partial charge in [0.2, 0.25) is 0 Å². The van der Waals surface area contributed by atoms with Crippen molar-refractivity contribution < 1.29 is 7.67 Å². The summed E-state index contributed by atoms with van der Waals surface area (Å²) in [4.78, 5) is 0. The summed E-state index contributed by atoms with van der Waals surface area (Å²) in [6.07, 6.45) is 0.